The molecule has 0 amide bonds. The van der Waals surface area contributed by atoms with Crippen LogP contribution >= 0.6 is 0 Å². The lowest BCUT2D eigenvalue weighted by molar-refractivity contribution is -0.107. The van der Waals surface area contributed by atoms with E-state index in [0.717, 1.165) is 17.5 Å². The number of hydrogen-bond acceptors (Lipinski definition) is 3. The first kappa shape index (κ1) is 13.8. The van der Waals surface area contributed by atoms with Crippen LogP contribution in [0.25, 0.3) is 0 Å². The van der Waals surface area contributed by atoms with Crippen molar-refractivity contribution < 1.29 is 9.53 Å². The Labute approximate surface area is 118 Å². The minimum Gasteiger partial charge on any atom is -0.426 e. The molecule has 2 rings (SSSR count). The Hall–Kier alpha value is -2.62. The number of aliphatic imine (C=N–C) groups is 1. The monoisotopic (exact) mass is 268 g/mol. The van der Waals surface area contributed by atoms with Gasteiger partial charge in [-0.15, -0.1) is 0 Å². The summed E-state index contributed by atoms with van der Waals surface area (Å²) in [6, 6.07) is 17.4. The summed E-state index contributed by atoms with van der Waals surface area (Å²) in [6.45, 7) is 0. The fraction of sp³-hybridized carbons (Fsp3) is 0.125. The van der Waals surface area contributed by atoms with Gasteiger partial charge in [-0.05, 0) is 29.8 Å². The number of nitrogens with one attached hydrogen (secondary N) is 1. The second kappa shape index (κ2) is 7.09. The van der Waals surface area contributed by atoms with E-state index < -0.39 is 0 Å². The molecule has 0 heterocycles. The number of nitrogens with zero attached hydrogens (tertiary/aromatic N) is 1. The molecule has 0 saturated carbocycles. The Morgan fingerprint density at radius 2 is 2.00 bits per heavy atom. The molecule has 20 heavy (non-hydrogen) atoms. The van der Waals surface area contributed by atoms with Crippen LogP contribution in [0, 0.1) is 0 Å². The van der Waals surface area contributed by atoms with Crippen molar-refractivity contribution in [3.63, 3.8) is 0 Å². The minimum absolute atomic E-state index is 0.377. The highest BCUT2D eigenvalue weighted by molar-refractivity contribution is 5.90. The molecule has 4 heteroatoms. The van der Waals surface area contributed by atoms with Gasteiger partial charge in [0.05, 0.1) is 0 Å². The number of amidine groups is 1. The number of benzene rings is 2. The molecule has 0 radical (unpaired) electrons. The molecular weight excluding hydrogens is 252 g/mol. The van der Waals surface area contributed by atoms with Crippen LogP contribution in [0.5, 0.6) is 5.75 Å². The zero-order valence-electron chi connectivity index (χ0n) is 11.2. The maximum Gasteiger partial charge on any atom is 0.294 e. The van der Waals surface area contributed by atoms with Crippen LogP contribution in [0.1, 0.15) is 5.56 Å². The zero-order chi connectivity index (χ0) is 14.2. The van der Waals surface area contributed by atoms with Crippen molar-refractivity contribution in [1.29, 1.82) is 0 Å². The van der Waals surface area contributed by atoms with Gasteiger partial charge in [-0.1, -0.05) is 30.3 Å². The lowest BCUT2D eigenvalue weighted by Crippen LogP contribution is -2.19. The normalized spacial score (nSPS) is 10.9. The van der Waals surface area contributed by atoms with Crippen molar-refractivity contribution in [2.24, 2.45) is 4.99 Å². The fourth-order valence-corrected chi connectivity index (χ4v) is 1.72. The number of aldehydes is 1. The van der Waals surface area contributed by atoms with E-state index in [9.17, 15) is 4.79 Å². The second-order valence-corrected chi connectivity index (χ2v) is 4.14. The van der Waals surface area contributed by atoms with E-state index in [2.05, 4.69) is 10.3 Å². The molecule has 0 spiro atoms. The maximum atomic E-state index is 10.5. The number of rotatable bonds is 4. The van der Waals surface area contributed by atoms with Crippen molar-refractivity contribution >= 4 is 18.0 Å². The summed E-state index contributed by atoms with van der Waals surface area (Å²) in [5.41, 5.74) is 1.81. The number of carbonyl (C=O) groups is 1. The van der Waals surface area contributed by atoms with E-state index in [1.165, 1.54) is 0 Å². The second-order valence-electron chi connectivity index (χ2n) is 4.14. The van der Waals surface area contributed by atoms with Gasteiger partial charge in [-0.25, -0.2) is 4.99 Å². The highest BCUT2D eigenvalue weighted by Crippen LogP contribution is 2.15. The summed E-state index contributed by atoms with van der Waals surface area (Å²) in [4.78, 5) is 14.6. The van der Waals surface area contributed by atoms with Crippen LogP contribution in [0.15, 0.2) is 59.6 Å². The van der Waals surface area contributed by atoms with E-state index in [4.69, 9.17) is 4.74 Å². The first-order chi connectivity index (χ1) is 9.81. The Morgan fingerprint density at radius 1 is 1.20 bits per heavy atom. The molecule has 0 aliphatic rings. The Bertz CT molecular complexity index is 594. The Morgan fingerprint density at radius 3 is 2.70 bits per heavy atom. The van der Waals surface area contributed by atoms with Gasteiger partial charge in [0, 0.05) is 19.2 Å². The van der Waals surface area contributed by atoms with Gasteiger partial charge in [0.1, 0.15) is 12.0 Å². The lowest BCUT2D eigenvalue weighted by Gasteiger charge is -2.11. The Balaban J connectivity index is 2.07. The van der Waals surface area contributed by atoms with E-state index in [1.807, 2.05) is 54.6 Å². The van der Waals surface area contributed by atoms with Crippen molar-refractivity contribution in [3.8, 4) is 5.75 Å². The highest BCUT2D eigenvalue weighted by atomic mass is 16.5. The fourth-order valence-electron chi connectivity index (χ4n) is 1.72. The third-order valence-electron chi connectivity index (χ3n) is 2.66. The molecule has 0 aliphatic heterocycles. The molecule has 0 saturated heterocycles. The predicted molar refractivity (Wildman–Crippen MR) is 80.3 cm³/mol. The van der Waals surface area contributed by atoms with Crippen LogP contribution < -0.4 is 10.1 Å². The average Bonchev–Trinajstić information content (AvgIpc) is 2.48. The number of anilines is 1. The van der Waals surface area contributed by atoms with E-state index >= 15 is 0 Å². The minimum atomic E-state index is 0.377. The SMILES string of the molecule is CN=C(Nc1ccccc1)Oc1cccc(CC=O)c1. The van der Waals surface area contributed by atoms with Crippen molar-refractivity contribution in [3.05, 3.63) is 60.2 Å². The summed E-state index contributed by atoms with van der Waals surface area (Å²) >= 11 is 0. The highest BCUT2D eigenvalue weighted by Gasteiger charge is 2.03. The molecular formula is C16H16N2O2. The number of carbonyl (C=O) groups excluding carboxylic acids is 1. The van der Waals surface area contributed by atoms with E-state index in [-0.39, 0.29) is 0 Å². The number of hydrogen-bond donors (Lipinski definition) is 1. The van der Waals surface area contributed by atoms with Crippen LogP contribution in [-0.2, 0) is 11.2 Å². The molecule has 2 aromatic carbocycles. The van der Waals surface area contributed by atoms with Crippen molar-refractivity contribution in [2.75, 3.05) is 12.4 Å². The molecule has 4 nitrogen and oxygen atoms in total. The lowest BCUT2D eigenvalue weighted by atomic mass is 10.2. The van der Waals surface area contributed by atoms with Gasteiger partial charge in [0.2, 0.25) is 0 Å². The molecule has 0 fully saturated rings. The topological polar surface area (TPSA) is 50.7 Å². The summed E-state index contributed by atoms with van der Waals surface area (Å²) < 4.78 is 5.68. The summed E-state index contributed by atoms with van der Waals surface area (Å²) in [6.07, 6.45) is 1.25. The molecule has 0 bridgehead atoms. The molecule has 0 unspecified atom stereocenters. The van der Waals surface area contributed by atoms with Crippen molar-refractivity contribution in [1.82, 2.24) is 0 Å². The molecule has 102 valence electrons. The number of para-hydroxylation sites is 1. The van der Waals surface area contributed by atoms with E-state index in [1.54, 1.807) is 7.05 Å². The maximum absolute atomic E-state index is 10.5. The molecule has 1 N–H and O–H groups in total. The number of ether oxygens (including phenoxy) is 1. The standard InChI is InChI=1S/C16H16N2O2/c1-17-16(18-14-7-3-2-4-8-14)20-15-9-5-6-13(12-15)10-11-19/h2-9,11-12H,10H2,1H3,(H,17,18). The van der Waals surface area contributed by atoms with Crippen LogP contribution in [0.3, 0.4) is 0 Å². The largest absolute Gasteiger partial charge is 0.426 e. The summed E-state index contributed by atoms with van der Waals surface area (Å²) in [5, 5.41) is 3.09. The van der Waals surface area contributed by atoms with E-state index in [0.29, 0.717) is 18.2 Å². The van der Waals surface area contributed by atoms with Crippen LogP contribution in [-0.4, -0.2) is 19.4 Å². The third kappa shape index (κ3) is 3.95. The van der Waals surface area contributed by atoms with Gasteiger partial charge >= 0.3 is 0 Å². The van der Waals surface area contributed by atoms with Gasteiger partial charge in [-0.2, -0.15) is 0 Å². The van der Waals surface area contributed by atoms with Crippen molar-refractivity contribution in [2.45, 2.75) is 6.42 Å². The molecule has 0 aromatic heterocycles. The molecule has 0 aliphatic carbocycles. The smallest absolute Gasteiger partial charge is 0.294 e. The average molecular weight is 268 g/mol. The van der Waals surface area contributed by atoms with Gasteiger partial charge in [0.25, 0.3) is 6.02 Å². The van der Waals surface area contributed by atoms with Crippen LogP contribution in [0.2, 0.25) is 0 Å². The van der Waals surface area contributed by atoms with Gasteiger partial charge in [-0.3, -0.25) is 0 Å². The zero-order valence-corrected chi connectivity index (χ0v) is 11.2. The predicted octanol–water partition coefficient (Wildman–Crippen LogP) is 2.90. The third-order valence-corrected chi connectivity index (χ3v) is 2.66. The molecule has 0 atom stereocenters. The first-order valence-corrected chi connectivity index (χ1v) is 6.31. The summed E-state index contributed by atoms with van der Waals surface area (Å²) in [5.74, 6) is 0.647. The van der Waals surface area contributed by atoms with Gasteiger partial charge < -0.3 is 14.8 Å². The Kier molecular flexibility index (Phi) is 4.89. The molecule has 2 aromatic rings. The summed E-state index contributed by atoms with van der Waals surface area (Å²) in [7, 11) is 1.65. The van der Waals surface area contributed by atoms with Gasteiger partial charge in [0.15, 0.2) is 0 Å². The van der Waals surface area contributed by atoms with Crippen LogP contribution in [0.4, 0.5) is 5.69 Å². The quantitative estimate of drug-likeness (QED) is 0.527. The first-order valence-electron chi connectivity index (χ1n) is 6.31.